The number of aromatic nitrogens is 3. The number of fused-ring (bicyclic) bond motifs is 1. The van der Waals surface area contributed by atoms with Crippen molar-refractivity contribution in [2.75, 3.05) is 0 Å². The number of imidazole rings is 1. The van der Waals surface area contributed by atoms with E-state index in [2.05, 4.69) is 30.9 Å². The molecular weight excluding hydrogens is 550 g/mol. The van der Waals surface area contributed by atoms with E-state index in [0.29, 0.717) is 5.69 Å². The monoisotopic (exact) mass is 587 g/mol. The molecule has 2 aromatic carbocycles. The van der Waals surface area contributed by atoms with Crippen LogP contribution in [-0.4, -0.2) is 67.9 Å². The molecule has 12 heteroatoms. The molecule has 4 unspecified atom stereocenters. The van der Waals surface area contributed by atoms with Crippen LogP contribution < -0.4 is 21.7 Å². The first-order valence-corrected chi connectivity index (χ1v) is 14.1. The largest absolute Gasteiger partial charge is 0.480 e. The van der Waals surface area contributed by atoms with E-state index in [0.717, 1.165) is 22.0 Å². The average Bonchev–Trinajstić information content (AvgIpc) is 3.65. The summed E-state index contributed by atoms with van der Waals surface area (Å²) >= 11 is 0. The minimum atomic E-state index is -1.22. The first-order chi connectivity index (χ1) is 20.6. The molecule has 0 saturated heterocycles. The highest BCUT2D eigenvalue weighted by molar-refractivity contribution is 5.95. The topological polar surface area (TPSA) is 195 Å². The quantitative estimate of drug-likeness (QED) is 0.116. The number of aliphatic carboxylic acids is 1. The van der Waals surface area contributed by atoms with Gasteiger partial charge in [-0.05, 0) is 23.1 Å². The molecule has 12 nitrogen and oxygen atoms in total. The molecule has 0 aliphatic heterocycles. The molecule has 0 aliphatic rings. The first kappa shape index (κ1) is 31.0. The van der Waals surface area contributed by atoms with Gasteiger partial charge in [0.2, 0.25) is 17.7 Å². The number of carboxylic acids is 1. The maximum absolute atomic E-state index is 13.6. The Morgan fingerprint density at radius 3 is 2.21 bits per heavy atom. The predicted octanol–water partition coefficient (Wildman–Crippen LogP) is 1.44. The normalized spacial score (nSPS) is 14.0. The highest BCUT2D eigenvalue weighted by atomic mass is 16.4. The number of aromatic amines is 2. The summed E-state index contributed by atoms with van der Waals surface area (Å²) in [6, 6.07) is 12.2. The number of nitrogens with one attached hydrogen (secondary N) is 5. The van der Waals surface area contributed by atoms with Crippen LogP contribution in [0.15, 0.2) is 73.3 Å². The van der Waals surface area contributed by atoms with Gasteiger partial charge in [0.1, 0.15) is 18.1 Å². The molecule has 2 aromatic heterocycles. The van der Waals surface area contributed by atoms with E-state index >= 15 is 0 Å². The van der Waals surface area contributed by atoms with Gasteiger partial charge in [0.25, 0.3) is 0 Å². The van der Waals surface area contributed by atoms with Crippen molar-refractivity contribution in [1.82, 2.24) is 30.9 Å². The Hall–Kier alpha value is -4.97. The lowest BCUT2D eigenvalue weighted by Crippen LogP contribution is -2.59. The lowest BCUT2D eigenvalue weighted by Gasteiger charge is -2.27. The number of benzene rings is 2. The molecule has 8 N–H and O–H groups in total. The summed E-state index contributed by atoms with van der Waals surface area (Å²) in [6.07, 6.45) is 5.15. The second-order valence-corrected chi connectivity index (χ2v) is 10.8. The third-order valence-electron chi connectivity index (χ3n) is 7.21. The number of nitrogens with zero attached hydrogens (tertiary/aromatic N) is 1. The van der Waals surface area contributed by atoms with Crippen LogP contribution in [0, 0.1) is 5.92 Å². The molecule has 0 spiro atoms. The number of nitrogens with two attached hydrogens (primary N) is 1. The van der Waals surface area contributed by atoms with Crippen LogP contribution >= 0.6 is 0 Å². The zero-order valence-electron chi connectivity index (χ0n) is 24.0. The van der Waals surface area contributed by atoms with Crippen molar-refractivity contribution in [2.45, 2.75) is 57.3 Å². The number of carbonyl (C=O) groups excluding carboxylic acids is 3. The molecule has 0 bridgehead atoms. The summed E-state index contributed by atoms with van der Waals surface area (Å²) in [6.45, 7) is 3.53. The van der Waals surface area contributed by atoms with Crippen molar-refractivity contribution in [2.24, 2.45) is 11.7 Å². The number of hydrogen-bond acceptors (Lipinski definition) is 6. The Kier molecular flexibility index (Phi) is 10.3. The van der Waals surface area contributed by atoms with Crippen LogP contribution in [0.1, 0.15) is 30.7 Å². The van der Waals surface area contributed by atoms with Gasteiger partial charge in [-0.2, -0.15) is 0 Å². The van der Waals surface area contributed by atoms with Gasteiger partial charge in [-0.1, -0.05) is 62.4 Å². The second kappa shape index (κ2) is 14.3. The highest BCUT2D eigenvalue weighted by Gasteiger charge is 2.32. The zero-order chi connectivity index (χ0) is 30.9. The highest BCUT2D eigenvalue weighted by Crippen LogP contribution is 2.19. The third kappa shape index (κ3) is 8.29. The Morgan fingerprint density at radius 1 is 0.837 bits per heavy atom. The molecule has 0 saturated carbocycles. The fourth-order valence-corrected chi connectivity index (χ4v) is 4.83. The van der Waals surface area contributed by atoms with Gasteiger partial charge < -0.3 is 36.8 Å². The van der Waals surface area contributed by atoms with Crippen LogP contribution in [0.3, 0.4) is 0 Å². The minimum absolute atomic E-state index is 0.0640. The predicted molar refractivity (Wildman–Crippen MR) is 161 cm³/mol. The lowest BCUT2D eigenvalue weighted by molar-refractivity contribution is -0.142. The molecule has 0 fully saturated rings. The van der Waals surface area contributed by atoms with E-state index in [1.165, 1.54) is 6.33 Å². The number of carboxylic acid groups (broad SMARTS) is 1. The summed E-state index contributed by atoms with van der Waals surface area (Å²) in [7, 11) is 0. The van der Waals surface area contributed by atoms with Crippen molar-refractivity contribution >= 4 is 34.6 Å². The summed E-state index contributed by atoms with van der Waals surface area (Å²) in [5.74, 6) is -3.33. The van der Waals surface area contributed by atoms with Gasteiger partial charge in [0.15, 0.2) is 0 Å². The second-order valence-electron chi connectivity index (χ2n) is 10.8. The van der Waals surface area contributed by atoms with E-state index in [1.807, 2.05) is 30.3 Å². The zero-order valence-corrected chi connectivity index (χ0v) is 24.0. The van der Waals surface area contributed by atoms with E-state index in [4.69, 9.17) is 5.73 Å². The van der Waals surface area contributed by atoms with E-state index in [-0.39, 0.29) is 25.2 Å². The number of carbonyl (C=O) groups is 4. The maximum Gasteiger partial charge on any atom is 0.326 e. The molecule has 226 valence electrons. The van der Waals surface area contributed by atoms with Gasteiger partial charge >= 0.3 is 5.97 Å². The van der Waals surface area contributed by atoms with E-state index in [1.54, 1.807) is 50.5 Å². The van der Waals surface area contributed by atoms with Crippen molar-refractivity contribution in [3.05, 3.63) is 90.1 Å². The number of para-hydroxylation sites is 1. The lowest BCUT2D eigenvalue weighted by atomic mass is 9.99. The summed E-state index contributed by atoms with van der Waals surface area (Å²) < 4.78 is 0. The maximum atomic E-state index is 13.6. The molecule has 0 aliphatic carbocycles. The average molecular weight is 588 g/mol. The van der Waals surface area contributed by atoms with Gasteiger partial charge in [0, 0.05) is 48.3 Å². The van der Waals surface area contributed by atoms with Gasteiger partial charge in [-0.3, -0.25) is 14.4 Å². The standard InChI is InChI=1S/C31H37N7O5/c1-18(2)27(38-28(39)23(32)14-21-16-33-17-35-21)30(41)36-25(13-20-15-34-24-11-7-6-10-22(20)24)29(40)37-26(31(42)43)12-19-8-4-3-5-9-19/h3-11,15-18,23,25-27,34H,12-14,32H2,1-2H3,(H,33,35)(H,36,41)(H,37,40)(H,38,39)(H,42,43). The van der Waals surface area contributed by atoms with Crippen LogP contribution in [-0.2, 0) is 38.4 Å². The molecule has 4 rings (SSSR count). The Morgan fingerprint density at radius 2 is 1.53 bits per heavy atom. The Balaban J connectivity index is 1.53. The number of hydrogen-bond donors (Lipinski definition) is 7. The van der Waals surface area contributed by atoms with Crippen molar-refractivity contribution in [1.29, 1.82) is 0 Å². The van der Waals surface area contributed by atoms with Crippen molar-refractivity contribution in [3.63, 3.8) is 0 Å². The van der Waals surface area contributed by atoms with Gasteiger partial charge in [-0.25, -0.2) is 9.78 Å². The fourth-order valence-electron chi connectivity index (χ4n) is 4.83. The van der Waals surface area contributed by atoms with Crippen LogP contribution in [0.4, 0.5) is 0 Å². The molecular formula is C31H37N7O5. The molecule has 0 radical (unpaired) electrons. The summed E-state index contributed by atoms with van der Waals surface area (Å²) in [5.41, 5.74) is 9.11. The third-order valence-corrected chi connectivity index (χ3v) is 7.21. The van der Waals surface area contributed by atoms with Crippen LogP contribution in [0.5, 0.6) is 0 Å². The molecule has 4 atom stereocenters. The summed E-state index contributed by atoms with van der Waals surface area (Å²) in [5, 5.41) is 18.8. The fraction of sp³-hybridized carbons (Fsp3) is 0.323. The Bertz CT molecular complexity index is 1530. The smallest absolute Gasteiger partial charge is 0.326 e. The van der Waals surface area contributed by atoms with E-state index < -0.39 is 47.9 Å². The van der Waals surface area contributed by atoms with Crippen molar-refractivity contribution in [3.8, 4) is 0 Å². The number of H-pyrrole nitrogens is 2. The van der Waals surface area contributed by atoms with E-state index in [9.17, 15) is 24.3 Å². The van der Waals surface area contributed by atoms with Crippen LogP contribution in [0.25, 0.3) is 10.9 Å². The molecule has 2 heterocycles. The Labute approximate surface area is 248 Å². The SMILES string of the molecule is CC(C)C(NC(=O)C(N)Cc1cnc[nH]1)C(=O)NC(Cc1c[nH]c2ccccc12)C(=O)NC(Cc1ccccc1)C(=O)O. The molecule has 3 amide bonds. The molecule has 43 heavy (non-hydrogen) atoms. The van der Waals surface area contributed by atoms with Gasteiger partial charge in [-0.15, -0.1) is 0 Å². The number of amides is 3. The van der Waals surface area contributed by atoms with Gasteiger partial charge in [0.05, 0.1) is 12.4 Å². The van der Waals surface area contributed by atoms with Crippen molar-refractivity contribution < 1.29 is 24.3 Å². The first-order valence-electron chi connectivity index (χ1n) is 14.1. The minimum Gasteiger partial charge on any atom is -0.480 e. The number of rotatable bonds is 14. The van der Waals surface area contributed by atoms with Crippen LogP contribution in [0.2, 0.25) is 0 Å². The summed E-state index contributed by atoms with van der Waals surface area (Å²) in [4.78, 5) is 62.2. The molecule has 4 aromatic rings.